The van der Waals surface area contributed by atoms with Gasteiger partial charge in [0.15, 0.2) is 0 Å². The first-order valence-electron chi connectivity index (χ1n) is 7.86. The molecular weight excluding hydrogens is 358 g/mol. The van der Waals surface area contributed by atoms with Gasteiger partial charge < -0.3 is 10.1 Å². The van der Waals surface area contributed by atoms with Crippen molar-refractivity contribution in [1.29, 1.82) is 0 Å². The fourth-order valence-corrected chi connectivity index (χ4v) is 3.71. The minimum absolute atomic E-state index is 0.166. The zero-order valence-corrected chi connectivity index (χ0v) is 16.0. The summed E-state index contributed by atoms with van der Waals surface area (Å²) in [5.74, 6) is 0.276. The van der Waals surface area contributed by atoms with E-state index in [1.807, 2.05) is 33.8 Å². The lowest BCUT2D eigenvalue weighted by molar-refractivity contribution is 0.0378. The molecule has 0 bridgehead atoms. The Bertz CT molecular complexity index is 953. The summed E-state index contributed by atoms with van der Waals surface area (Å²) in [5, 5.41) is 4.39. The molecule has 2 heterocycles. The maximum absolute atomic E-state index is 12.1. The van der Waals surface area contributed by atoms with Crippen LogP contribution in [0.2, 0.25) is 5.28 Å². The van der Waals surface area contributed by atoms with Crippen molar-refractivity contribution in [2.24, 2.45) is 0 Å². The second-order valence-corrected chi connectivity index (χ2v) is 7.51. The lowest BCUT2D eigenvalue weighted by Gasteiger charge is -2.11. The lowest BCUT2D eigenvalue weighted by Crippen LogP contribution is -2.11. The van der Waals surface area contributed by atoms with Crippen molar-refractivity contribution in [2.45, 2.75) is 33.8 Å². The second-order valence-electron chi connectivity index (χ2n) is 5.96. The molecule has 0 aliphatic rings. The molecule has 0 unspecified atom stereocenters. The molecule has 0 radical (unpaired) electrons. The van der Waals surface area contributed by atoms with Gasteiger partial charge in [-0.05, 0) is 63.1 Å². The van der Waals surface area contributed by atoms with Gasteiger partial charge in [-0.2, -0.15) is 4.98 Å². The van der Waals surface area contributed by atoms with E-state index in [0.29, 0.717) is 11.4 Å². The van der Waals surface area contributed by atoms with Crippen LogP contribution in [-0.2, 0) is 4.74 Å². The number of ether oxygens (including phenoxy) is 1. The number of aryl methyl sites for hydroxylation is 2. The predicted octanol–water partition coefficient (Wildman–Crippen LogP) is 5.27. The Hall–Kier alpha value is -2.18. The van der Waals surface area contributed by atoms with Crippen molar-refractivity contribution < 1.29 is 9.53 Å². The Morgan fingerprint density at radius 3 is 2.76 bits per heavy atom. The lowest BCUT2D eigenvalue weighted by atomic mass is 10.2. The van der Waals surface area contributed by atoms with Crippen LogP contribution in [0.5, 0.6) is 0 Å². The third-order valence-electron chi connectivity index (χ3n) is 3.71. The summed E-state index contributed by atoms with van der Waals surface area (Å²) in [6, 6.07) is 7.12. The van der Waals surface area contributed by atoms with E-state index in [0.717, 1.165) is 21.5 Å². The second kappa shape index (κ2) is 6.98. The highest BCUT2D eigenvalue weighted by molar-refractivity contribution is 7.18. The van der Waals surface area contributed by atoms with Crippen LogP contribution in [0.25, 0.3) is 10.2 Å². The number of aromatic nitrogens is 2. The quantitative estimate of drug-likeness (QED) is 0.497. The largest absolute Gasteiger partial charge is 0.459 e. The Labute approximate surface area is 155 Å². The van der Waals surface area contributed by atoms with Gasteiger partial charge in [-0.15, -0.1) is 11.3 Å². The number of esters is 1. The summed E-state index contributed by atoms with van der Waals surface area (Å²) in [7, 11) is 0. The first-order chi connectivity index (χ1) is 11.8. The van der Waals surface area contributed by atoms with E-state index >= 15 is 0 Å². The van der Waals surface area contributed by atoms with Gasteiger partial charge in [0, 0.05) is 10.6 Å². The molecule has 3 aromatic rings. The number of carbonyl (C=O) groups excluding carboxylic acids is 1. The Morgan fingerprint density at radius 2 is 2.04 bits per heavy atom. The van der Waals surface area contributed by atoms with Crippen molar-refractivity contribution in [3.8, 4) is 0 Å². The molecule has 0 spiro atoms. The van der Waals surface area contributed by atoms with E-state index in [2.05, 4.69) is 15.3 Å². The molecule has 0 fully saturated rings. The van der Waals surface area contributed by atoms with Crippen molar-refractivity contribution in [1.82, 2.24) is 9.97 Å². The van der Waals surface area contributed by atoms with E-state index in [1.165, 1.54) is 4.88 Å². The molecule has 3 rings (SSSR count). The number of carbonyl (C=O) groups is 1. The molecule has 7 heteroatoms. The number of benzene rings is 1. The Morgan fingerprint density at radius 1 is 1.28 bits per heavy atom. The number of thiophene rings is 1. The monoisotopic (exact) mass is 375 g/mol. The standard InChI is InChI=1S/C18H18ClN3O2S/c1-9(2)24-17(23)12-6-5-7-13(8-12)20-15-14-10(3)11(4)25-16(14)22-18(19)21-15/h5-9H,1-4H3,(H,20,21,22). The zero-order chi connectivity index (χ0) is 18.1. The van der Waals surface area contributed by atoms with E-state index in [1.54, 1.807) is 29.5 Å². The molecule has 2 aromatic heterocycles. The Kier molecular flexibility index (Phi) is 4.92. The number of hydrogen-bond acceptors (Lipinski definition) is 6. The van der Waals surface area contributed by atoms with E-state index in [-0.39, 0.29) is 17.4 Å². The van der Waals surface area contributed by atoms with Crippen LogP contribution >= 0.6 is 22.9 Å². The summed E-state index contributed by atoms with van der Waals surface area (Å²) in [4.78, 5) is 22.7. The van der Waals surface area contributed by atoms with Crippen LogP contribution in [-0.4, -0.2) is 22.0 Å². The number of halogens is 1. The number of rotatable bonds is 4. The number of hydrogen-bond donors (Lipinski definition) is 1. The Balaban J connectivity index is 1.98. The van der Waals surface area contributed by atoms with E-state index in [4.69, 9.17) is 16.3 Å². The third-order valence-corrected chi connectivity index (χ3v) is 4.98. The molecule has 0 aliphatic carbocycles. The topological polar surface area (TPSA) is 64.1 Å². The highest BCUT2D eigenvalue weighted by atomic mass is 35.5. The van der Waals surface area contributed by atoms with Crippen LogP contribution < -0.4 is 5.32 Å². The van der Waals surface area contributed by atoms with Crippen LogP contribution in [0.4, 0.5) is 11.5 Å². The molecule has 0 atom stereocenters. The average Bonchev–Trinajstić information content (AvgIpc) is 2.81. The normalized spacial score (nSPS) is 11.1. The van der Waals surface area contributed by atoms with Crippen molar-refractivity contribution in [3.05, 3.63) is 45.6 Å². The van der Waals surface area contributed by atoms with Crippen LogP contribution in [0, 0.1) is 13.8 Å². The molecule has 5 nitrogen and oxygen atoms in total. The van der Waals surface area contributed by atoms with Gasteiger partial charge in [-0.3, -0.25) is 0 Å². The maximum Gasteiger partial charge on any atom is 0.338 e. The first-order valence-corrected chi connectivity index (χ1v) is 9.06. The minimum atomic E-state index is -0.355. The van der Waals surface area contributed by atoms with E-state index < -0.39 is 0 Å². The fourth-order valence-electron chi connectivity index (χ4n) is 2.46. The predicted molar refractivity (Wildman–Crippen MR) is 102 cm³/mol. The number of nitrogens with one attached hydrogen (secondary N) is 1. The summed E-state index contributed by atoms with van der Waals surface area (Å²) >= 11 is 7.64. The van der Waals surface area contributed by atoms with Gasteiger partial charge >= 0.3 is 5.97 Å². The van der Waals surface area contributed by atoms with Gasteiger partial charge in [0.05, 0.1) is 17.1 Å². The summed E-state index contributed by atoms with van der Waals surface area (Å²) in [6.45, 7) is 7.72. The SMILES string of the molecule is Cc1sc2nc(Cl)nc(Nc3cccc(C(=O)OC(C)C)c3)c2c1C. The number of nitrogens with zero attached hydrogens (tertiary/aromatic N) is 2. The molecule has 0 aliphatic heterocycles. The maximum atomic E-state index is 12.1. The third kappa shape index (κ3) is 3.75. The zero-order valence-electron chi connectivity index (χ0n) is 14.4. The molecule has 25 heavy (non-hydrogen) atoms. The van der Waals surface area contributed by atoms with Gasteiger partial charge in [0.2, 0.25) is 5.28 Å². The fraction of sp³-hybridized carbons (Fsp3) is 0.278. The number of fused-ring (bicyclic) bond motifs is 1. The van der Waals surface area contributed by atoms with Gasteiger partial charge in [0.1, 0.15) is 10.6 Å². The molecule has 0 amide bonds. The smallest absolute Gasteiger partial charge is 0.338 e. The highest BCUT2D eigenvalue weighted by Crippen LogP contribution is 2.35. The summed E-state index contributed by atoms with van der Waals surface area (Å²) < 4.78 is 5.24. The summed E-state index contributed by atoms with van der Waals surface area (Å²) in [6.07, 6.45) is -0.166. The summed E-state index contributed by atoms with van der Waals surface area (Å²) in [5.41, 5.74) is 2.33. The average molecular weight is 376 g/mol. The molecule has 1 aromatic carbocycles. The first kappa shape index (κ1) is 17.6. The number of anilines is 2. The highest BCUT2D eigenvalue weighted by Gasteiger charge is 2.15. The minimum Gasteiger partial charge on any atom is -0.459 e. The van der Waals surface area contributed by atoms with Crippen LogP contribution in [0.3, 0.4) is 0 Å². The van der Waals surface area contributed by atoms with Crippen LogP contribution in [0.1, 0.15) is 34.6 Å². The van der Waals surface area contributed by atoms with E-state index in [9.17, 15) is 4.79 Å². The van der Waals surface area contributed by atoms with Gasteiger partial charge in [-0.25, -0.2) is 9.78 Å². The molecule has 0 saturated carbocycles. The molecule has 0 saturated heterocycles. The van der Waals surface area contributed by atoms with Crippen molar-refractivity contribution in [3.63, 3.8) is 0 Å². The van der Waals surface area contributed by atoms with Gasteiger partial charge in [-0.1, -0.05) is 6.07 Å². The molecule has 130 valence electrons. The van der Waals surface area contributed by atoms with Crippen molar-refractivity contribution in [2.75, 3.05) is 5.32 Å². The van der Waals surface area contributed by atoms with Crippen molar-refractivity contribution >= 4 is 50.6 Å². The van der Waals surface area contributed by atoms with Crippen LogP contribution in [0.15, 0.2) is 24.3 Å². The molecule has 1 N–H and O–H groups in total. The van der Waals surface area contributed by atoms with Gasteiger partial charge in [0.25, 0.3) is 0 Å². The molecular formula is C18H18ClN3O2S.